The lowest BCUT2D eigenvalue weighted by molar-refractivity contribution is 0.102. The van der Waals surface area contributed by atoms with E-state index in [1.165, 1.54) is 22.7 Å². The van der Waals surface area contributed by atoms with Crippen molar-refractivity contribution >= 4 is 51.0 Å². The van der Waals surface area contributed by atoms with Crippen LogP contribution in [0.5, 0.6) is 0 Å². The second kappa shape index (κ2) is 7.00. The summed E-state index contributed by atoms with van der Waals surface area (Å²) in [7, 11) is 0. The lowest BCUT2D eigenvalue weighted by Gasteiger charge is -2.17. The van der Waals surface area contributed by atoms with E-state index in [-0.39, 0.29) is 5.91 Å². The van der Waals surface area contributed by atoms with Crippen molar-refractivity contribution < 1.29 is 4.79 Å². The monoisotopic (exact) mass is 387 g/mol. The molecule has 1 amide bonds. The lowest BCUT2D eigenvalue weighted by Crippen LogP contribution is -2.18. The van der Waals surface area contributed by atoms with Crippen LogP contribution in [0.3, 0.4) is 0 Å². The summed E-state index contributed by atoms with van der Waals surface area (Å²) in [5.74, 6) is -0.156. The van der Waals surface area contributed by atoms with Gasteiger partial charge in [-0.1, -0.05) is 23.8 Å². The minimum Gasteiger partial charge on any atom is -0.364 e. The van der Waals surface area contributed by atoms with Crippen LogP contribution in [0.2, 0.25) is 4.34 Å². The number of amides is 1. The molecule has 3 heterocycles. The van der Waals surface area contributed by atoms with Gasteiger partial charge in [0.2, 0.25) is 0 Å². The van der Waals surface area contributed by atoms with Gasteiger partial charge in [-0.25, -0.2) is 4.98 Å². The van der Waals surface area contributed by atoms with E-state index < -0.39 is 0 Å². The Hall–Kier alpha value is -2.15. The lowest BCUT2D eigenvalue weighted by atomic mass is 10.2. The zero-order valence-corrected chi connectivity index (χ0v) is 15.5. The Morgan fingerprint density at radius 1 is 1.12 bits per heavy atom. The third kappa shape index (κ3) is 3.61. The molecule has 0 radical (unpaired) electrons. The molecule has 126 valence electrons. The Morgan fingerprint density at radius 3 is 2.56 bits per heavy atom. The number of carbonyl (C=O) groups is 1. The fraction of sp³-hybridized carbons (Fsp3) is 0.111. The molecule has 0 aliphatic carbocycles. The Morgan fingerprint density at radius 2 is 1.88 bits per heavy atom. The van der Waals surface area contributed by atoms with E-state index in [4.69, 9.17) is 11.6 Å². The molecule has 7 heteroatoms. The third-order valence-corrected chi connectivity index (χ3v) is 5.87. The average molecular weight is 388 g/mol. The fourth-order valence-electron chi connectivity index (χ4n) is 2.58. The van der Waals surface area contributed by atoms with Crippen molar-refractivity contribution in [3.05, 3.63) is 63.8 Å². The molecule has 0 fully saturated rings. The number of hydrogen-bond acceptors (Lipinski definition) is 5. The summed E-state index contributed by atoms with van der Waals surface area (Å²) in [5.41, 5.74) is 2.56. The van der Waals surface area contributed by atoms with Gasteiger partial charge in [0.05, 0.1) is 14.9 Å². The summed E-state index contributed by atoms with van der Waals surface area (Å²) in [4.78, 5) is 20.1. The first-order chi connectivity index (χ1) is 12.2. The number of anilines is 2. The Balaban J connectivity index is 1.44. The molecule has 25 heavy (non-hydrogen) atoms. The molecule has 4 rings (SSSR count). The highest BCUT2D eigenvalue weighted by molar-refractivity contribution is 7.20. The van der Waals surface area contributed by atoms with Crippen LogP contribution in [0, 0.1) is 0 Å². The molecule has 1 aliphatic heterocycles. The summed E-state index contributed by atoms with van der Waals surface area (Å²) in [6.45, 7) is 1.83. The number of benzene rings is 1. The van der Waals surface area contributed by atoms with Crippen molar-refractivity contribution in [3.63, 3.8) is 0 Å². The second-order valence-electron chi connectivity index (χ2n) is 5.52. The number of aromatic nitrogens is 1. The van der Waals surface area contributed by atoms with E-state index in [9.17, 15) is 4.79 Å². The molecule has 0 saturated carbocycles. The molecule has 0 spiro atoms. The van der Waals surface area contributed by atoms with Crippen LogP contribution in [0.1, 0.15) is 10.4 Å². The summed E-state index contributed by atoms with van der Waals surface area (Å²) in [6, 6.07) is 11.4. The van der Waals surface area contributed by atoms with Crippen LogP contribution in [-0.4, -0.2) is 24.0 Å². The van der Waals surface area contributed by atoms with Crippen LogP contribution in [0.4, 0.5) is 10.8 Å². The first-order valence-corrected chi connectivity index (χ1v) is 9.79. The number of thiophene rings is 1. The van der Waals surface area contributed by atoms with Gasteiger partial charge in [-0.3, -0.25) is 10.1 Å². The first kappa shape index (κ1) is 16.3. The number of nitrogens with one attached hydrogen (secondary N) is 1. The zero-order valence-electron chi connectivity index (χ0n) is 13.1. The van der Waals surface area contributed by atoms with Gasteiger partial charge in [0.1, 0.15) is 0 Å². The van der Waals surface area contributed by atoms with Crippen molar-refractivity contribution in [2.45, 2.75) is 0 Å². The molecule has 0 unspecified atom stereocenters. The van der Waals surface area contributed by atoms with Gasteiger partial charge in [-0.05, 0) is 36.4 Å². The van der Waals surface area contributed by atoms with Gasteiger partial charge in [-0.2, -0.15) is 0 Å². The molecule has 0 atom stereocenters. The molecular weight excluding hydrogens is 374 g/mol. The normalized spacial score (nSPS) is 13.4. The average Bonchev–Trinajstić information content (AvgIpc) is 3.36. The number of thiazole rings is 1. The van der Waals surface area contributed by atoms with Gasteiger partial charge in [0.15, 0.2) is 5.13 Å². The van der Waals surface area contributed by atoms with Crippen LogP contribution in [-0.2, 0) is 0 Å². The minimum atomic E-state index is -0.156. The predicted molar refractivity (Wildman–Crippen MR) is 106 cm³/mol. The highest BCUT2D eigenvalue weighted by atomic mass is 35.5. The van der Waals surface area contributed by atoms with Crippen LogP contribution in [0.15, 0.2) is 53.9 Å². The van der Waals surface area contributed by atoms with E-state index in [0.29, 0.717) is 10.7 Å². The van der Waals surface area contributed by atoms with Gasteiger partial charge in [0.25, 0.3) is 5.91 Å². The smallest absolute Gasteiger partial charge is 0.257 e. The van der Waals surface area contributed by atoms with Gasteiger partial charge < -0.3 is 4.90 Å². The van der Waals surface area contributed by atoms with Gasteiger partial charge >= 0.3 is 0 Å². The molecule has 2 aromatic heterocycles. The summed E-state index contributed by atoms with van der Waals surface area (Å²) < 4.78 is 0.724. The van der Waals surface area contributed by atoms with Crippen LogP contribution in [0.25, 0.3) is 10.6 Å². The van der Waals surface area contributed by atoms with Gasteiger partial charge in [0, 0.05) is 29.7 Å². The molecule has 1 N–H and O–H groups in total. The Labute approximate surface area is 158 Å². The molecule has 1 aromatic carbocycles. The van der Waals surface area contributed by atoms with E-state index >= 15 is 0 Å². The van der Waals surface area contributed by atoms with Gasteiger partial charge in [-0.15, -0.1) is 22.7 Å². The number of carbonyl (C=O) groups excluding carboxylic acids is 1. The second-order valence-corrected chi connectivity index (χ2v) is 8.09. The first-order valence-electron chi connectivity index (χ1n) is 7.72. The largest absolute Gasteiger partial charge is 0.364 e. The standard InChI is InChI=1S/C18H14ClN3OS2/c19-16-8-7-15(25-16)14-11-24-18(20-14)21-17(23)12-3-5-13(6-4-12)22-9-1-2-10-22/h1-8,11H,9-10H2,(H,20,21,23). The van der Waals surface area contributed by atoms with E-state index in [0.717, 1.165) is 33.7 Å². The Bertz CT molecular complexity index is 922. The van der Waals surface area contributed by atoms with Crippen molar-refractivity contribution in [2.24, 2.45) is 0 Å². The van der Waals surface area contributed by atoms with Crippen molar-refractivity contribution in [3.8, 4) is 10.6 Å². The summed E-state index contributed by atoms with van der Waals surface area (Å²) >= 11 is 8.83. The molecular formula is C18H14ClN3OS2. The number of rotatable bonds is 4. The minimum absolute atomic E-state index is 0.156. The van der Waals surface area contributed by atoms with E-state index in [1.807, 2.05) is 41.8 Å². The zero-order chi connectivity index (χ0) is 17.2. The van der Waals surface area contributed by atoms with E-state index in [1.54, 1.807) is 0 Å². The summed E-state index contributed by atoms with van der Waals surface area (Å²) in [5, 5.41) is 5.36. The fourth-order valence-corrected chi connectivity index (χ4v) is 4.36. The summed E-state index contributed by atoms with van der Waals surface area (Å²) in [6.07, 6.45) is 4.28. The quantitative estimate of drug-likeness (QED) is 0.629. The maximum atomic E-state index is 12.4. The highest BCUT2D eigenvalue weighted by Gasteiger charge is 2.12. The Kier molecular flexibility index (Phi) is 4.57. The maximum Gasteiger partial charge on any atom is 0.257 e. The topological polar surface area (TPSA) is 45.2 Å². The van der Waals surface area contributed by atoms with Crippen molar-refractivity contribution in [2.75, 3.05) is 23.3 Å². The number of halogens is 1. The van der Waals surface area contributed by atoms with Crippen molar-refractivity contribution in [1.29, 1.82) is 0 Å². The molecule has 3 aromatic rings. The SMILES string of the molecule is O=C(Nc1nc(-c2ccc(Cl)s2)cs1)c1ccc(N2CC=CC2)cc1. The molecule has 0 bridgehead atoms. The number of nitrogens with zero attached hydrogens (tertiary/aromatic N) is 2. The molecule has 1 aliphatic rings. The van der Waals surface area contributed by atoms with E-state index in [2.05, 4.69) is 27.4 Å². The van der Waals surface area contributed by atoms with Crippen LogP contribution < -0.4 is 10.2 Å². The highest BCUT2D eigenvalue weighted by Crippen LogP contribution is 2.33. The van der Waals surface area contributed by atoms with Crippen molar-refractivity contribution in [1.82, 2.24) is 4.98 Å². The number of hydrogen-bond donors (Lipinski definition) is 1. The molecule has 4 nitrogen and oxygen atoms in total. The predicted octanol–water partition coefficient (Wildman–Crippen LogP) is 5.15. The van der Waals surface area contributed by atoms with Crippen LogP contribution >= 0.6 is 34.3 Å². The third-order valence-electron chi connectivity index (χ3n) is 3.86. The maximum absolute atomic E-state index is 12.4. The molecule has 0 saturated heterocycles.